The van der Waals surface area contributed by atoms with Crippen molar-refractivity contribution in [2.24, 2.45) is 5.92 Å². The molecule has 186 valence electrons. The van der Waals surface area contributed by atoms with Crippen molar-refractivity contribution < 1.29 is 28.6 Å². The first-order valence-electron chi connectivity index (χ1n) is 11.0. The average Bonchev–Trinajstić information content (AvgIpc) is 3.27. The maximum absolute atomic E-state index is 12.5. The third-order valence-electron chi connectivity index (χ3n) is 5.45. The second kappa shape index (κ2) is 11.3. The molecule has 1 atom stereocenters. The molecule has 1 aliphatic heterocycles. The van der Waals surface area contributed by atoms with Gasteiger partial charge in [-0.05, 0) is 66.7 Å². The number of hydrogen-bond acceptors (Lipinski definition) is 6. The van der Waals surface area contributed by atoms with Crippen LogP contribution in [0.4, 0.5) is 11.4 Å². The number of nitrogens with one attached hydrogen (secondary N) is 1. The van der Waals surface area contributed by atoms with Gasteiger partial charge >= 0.3 is 5.97 Å². The van der Waals surface area contributed by atoms with Crippen LogP contribution in [0.1, 0.15) is 6.42 Å². The van der Waals surface area contributed by atoms with E-state index in [2.05, 4.69) is 5.32 Å². The van der Waals surface area contributed by atoms with Crippen LogP contribution < -0.4 is 19.7 Å². The summed E-state index contributed by atoms with van der Waals surface area (Å²) in [6, 6.07) is 18.8. The third kappa shape index (κ3) is 6.27. The van der Waals surface area contributed by atoms with Gasteiger partial charge in [0.2, 0.25) is 5.91 Å². The van der Waals surface area contributed by atoms with Crippen LogP contribution in [-0.2, 0) is 19.1 Å². The summed E-state index contributed by atoms with van der Waals surface area (Å²) in [7, 11) is 1.59. The van der Waals surface area contributed by atoms with E-state index in [9.17, 15) is 14.4 Å². The van der Waals surface area contributed by atoms with E-state index in [0.717, 1.165) is 5.75 Å². The molecule has 0 unspecified atom stereocenters. The second-order valence-corrected chi connectivity index (χ2v) is 8.78. The first-order valence-corrected chi connectivity index (χ1v) is 11.7. The number of benzene rings is 3. The average molecular weight is 529 g/mol. The molecule has 10 heteroatoms. The molecule has 2 amide bonds. The molecular weight excluding hydrogens is 507 g/mol. The van der Waals surface area contributed by atoms with E-state index in [0.29, 0.717) is 27.9 Å². The van der Waals surface area contributed by atoms with Crippen molar-refractivity contribution in [3.05, 3.63) is 76.8 Å². The van der Waals surface area contributed by atoms with E-state index in [4.69, 9.17) is 37.4 Å². The fourth-order valence-electron chi connectivity index (χ4n) is 3.61. The van der Waals surface area contributed by atoms with E-state index < -0.39 is 24.4 Å². The number of esters is 1. The maximum atomic E-state index is 12.5. The fourth-order valence-corrected chi connectivity index (χ4v) is 3.91. The summed E-state index contributed by atoms with van der Waals surface area (Å²) in [6.45, 7) is -0.327. The molecule has 1 N–H and O–H groups in total. The molecule has 36 heavy (non-hydrogen) atoms. The van der Waals surface area contributed by atoms with Gasteiger partial charge in [0.15, 0.2) is 6.61 Å². The molecule has 1 aliphatic rings. The summed E-state index contributed by atoms with van der Waals surface area (Å²) in [6.07, 6.45) is -0.00263. The minimum Gasteiger partial charge on any atom is -0.497 e. The lowest BCUT2D eigenvalue weighted by Gasteiger charge is -2.17. The van der Waals surface area contributed by atoms with Gasteiger partial charge in [0.1, 0.15) is 17.2 Å². The maximum Gasteiger partial charge on any atom is 0.311 e. The number of amides is 2. The molecule has 4 rings (SSSR count). The van der Waals surface area contributed by atoms with Gasteiger partial charge < -0.3 is 24.4 Å². The van der Waals surface area contributed by atoms with Crippen LogP contribution in [0.25, 0.3) is 0 Å². The largest absolute Gasteiger partial charge is 0.497 e. The number of anilines is 2. The van der Waals surface area contributed by atoms with Crippen molar-refractivity contribution in [1.82, 2.24) is 0 Å². The summed E-state index contributed by atoms with van der Waals surface area (Å²) in [5.74, 6) is -0.0618. The van der Waals surface area contributed by atoms with Crippen LogP contribution in [0.5, 0.6) is 17.2 Å². The van der Waals surface area contributed by atoms with Crippen molar-refractivity contribution in [3.8, 4) is 17.2 Å². The normalized spacial score (nSPS) is 14.9. The van der Waals surface area contributed by atoms with Gasteiger partial charge in [-0.25, -0.2) is 0 Å². The minimum atomic E-state index is -0.675. The zero-order chi connectivity index (χ0) is 25.7. The van der Waals surface area contributed by atoms with E-state index >= 15 is 0 Å². The Morgan fingerprint density at radius 2 is 1.58 bits per heavy atom. The summed E-state index contributed by atoms with van der Waals surface area (Å²) in [4.78, 5) is 38.6. The van der Waals surface area contributed by atoms with E-state index in [-0.39, 0.29) is 23.9 Å². The highest BCUT2D eigenvalue weighted by Crippen LogP contribution is 2.30. The zero-order valence-electron chi connectivity index (χ0n) is 19.2. The molecule has 0 aliphatic carbocycles. The molecule has 1 saturated heterocycles. The van der Waals surface area contributed by atoms with Gasteiger partial charge in [0.25, 0.3) is 5.91 Å². The second-order valence-electron chi connectivity index (χ2n) is 7.96. The van der Waals surface area contributed by atoms with Gasteiger partial charge in [0, 0.05) is 24.3 Å². The van der Waals surface area contributed by atoms with Crippen LogP contribution in [0.15, 0.2) is 66.7 Å². The molecule has 0 aromatic heterocycles. The predicted molar refractivity (Wildman–Crippen MR) is 136 cm³/mol. The predicted octanol–water partition coefficient (Wildman–Crippen LogP) is 5.33. The molecule has 3 aromatic carbocycles. The van der Waals surface area contributed by atoms with Gasteiger partial charge in [-0.15, -0.1) is 0 Å². The van der Waals surface area contributed by atoms with Gasteiger partial charge in [0.05, 0.1) is 23.1 Å². The quantitative estimate of drug-likeness (QED) is 0.397. The molecule has 0 saturated carbocycles. The monoisotopic (exact) mass is 528 g/mol. The van der Waals surface area contributed by atoms with E-state index in [1.807, 2.05) is 0 Å². The SMILES string of the molecule is COc1ccc(Oc2ccc(N3C[C@H](C(=O)OCC(=O)Nc4ccc(Cl)c(Cl)c4)CC3=O)cc2)cc1. The number of nitrogens with zero attached hydrogens (tertiary/aromatic N) is 1. The lowest BCUT2D eigenvalue weighted by atomic mass is 10.1. The van der Waals surface area contributed by atoms with Crippen molar-refractivity contribution in [2.75, 3.05) is 30.5 Å². The molecular formula is C26H22Cl2N2O6. The highest BCUT2D eigenvalue weighted by Gasteiger charge is 2.36. The molecule has 0 bridgehead atoms. The molecule has 0 spiro atoms. The van der Waals surface area contributed by atoms with Crippen molar-refractivity contribution in [2.45, 2.75) is 6.42 Å². The topological polar surface area (TPSA) is 94.2 Å². The van der Waals surface area contributed by atoms with Crippen LogP contribution in [0.3, 0.4) is 0 Å². The first-order chi connectivity index (χ1) is 17.3. The molecule has 3 aromatic rings. The van der Waals surface area contributed by atoms with Crippen molar-refractivity contribution in [1.29, 1.82) is 0 Å². The highest BCUT2D eigenvalue weighted by atomic mass is 35.5. The Bertz CT molecular complexity index is 1260. The lowest BCUT2D eigenvalue weighted by Crippen LogP contribution is -2.28. The molecule has 1 heterocycles. The summed E-state index contributed by atoms with van der Waals surface area (Å²) in [5, 5.41) is 3.22. The van der Waals surface area contributed by atoms with Gasteiger partial charge in [-0.3, -0.25) is 14.4 Å². The Hall–Kier alpha value is -3.75. The Labute approximate surface area is 217 Å². The Morgan fingerprint density at radius 1 is 0.944 bits per heavy atom. The standard InChI is InChI=1S/C26H22Cl2N2O6/c1-34-19-7-9-21(10-8-19)36-20-5-3-18(4-6-20)30-14-16(12-25(30)32)26(33)35-15-24(31)29-17-2-11-22(27)23(28)13-17/h2-11,13,16H,12,14-15H2,1H3,(H,29,31)/t16-/m1/s1. The van der Waals surface area contributed by atoms with Crippen LogP contribution >= 0.6 is 23.2 Å². The van der Waals surface area contributed by atoms with Gasteiger partial charge in [-0.1, -0.05) is 23.2 Å². The summed E-state index contributed by atoms with van der Waals surface area (Å²) >= 11 is 11.8. The Kier molecular flexibility index (Phi) is 7.97. The number of carbonyl (C=O) groups excluding carboxylic acids is 3. The van der Waals surface area contributed by atoms with Crippen molar-refractivity contribution in [3.63, 3.8) is 0 Å². The van der Waals surface area contributed by atoms with Gasteiger partial charge in [-0.2, -0.15) is 0 Å². The number of methoxy groups -OCH3 is 1. The summed E-state index contributed by atoms with van der Waals surface area (Å²) in [5.41, 5.74) is 1.06. The number of ether oxygens (including phenoxy) is 3. The fraction of sp³-hybridized carbons (Fsp3) is 0.192. The lowest BCUT2D eigenvalue weighted by molar-refractivity contribution is -0.151. The van der Waals surface area contributed by atoms with E-state index in [1.54, 1.807) is 67.8 Å². The molecule has 8 nitrogen and oxygen atoms in total. The minimum absolute atomic E-state index is 0.00263. The first kappa shape index (κ1) is 25.3. The van der Waals surface area contributed by atoms with Crippen LogP contribution in [-0.4, -0.2) is 38.0 Å². The number of hydrogen-bond donors (Lipinski definition) is 1. The zero-order valence-corrected chi connectivity index (χ0v) is 20.7. The van der Waals surface area contributed by atoms with Crippen LogP contribution in [0.2, 0.25) is 10.0 Å². The molecule has 1 fully saturated rings. The number of halogens is 2. The molecule has 0 radical (unpaired) electrons. The Morgan fingerprint density at radius 3 is 2.22 bits per heavy atom. The smallest absolute Gasteiger partial charge is 0.311 e. The highest BCUT2D eigenvalue weighted by molar-refractivity contribution is 6.42. The number of carbonyl (C=O) groups is 3. The Balaban J connectivity index is 1.28. The number of rotatable bonds is 8. The van der Waals surface area contributed by atoms with Crippen molar-refractivity contribution >= 4 is 52.4 Å². The van der Waals surface area contributed by atoms with Crippen LogP contribution in [0, 0.1) is 5.92 Å². The summed E-state index contributed by atoms with van der Waals surface area (Å²) < 4.78 is 16.1. The third-order valence-corrected chi connectivity index (χ3v) is 6.19. The van der Waals surface area contributed by atoms with E-state index in [1.165, 1.54) is 11.0 Å².